The lowest BCUT2D eigenvalue weighted by Gasteiger charge is -2.19. The highest BCUT2D eigenvalue weighted by Gasteiger charge is 2.16. The molecule has 0 aliphatic rings. The summed E-state index contributed by atoms with van der Waals surface area (Å²) in [6.45, 7) is 4.14. The molecule has 0 N–H and O–H groups in total. The molecule has 0 aliphatic heterocycles. The Balaban J connectivity index is 1.90. The summed E-state index contributed by atoms with van der Waals surface area (Å²) in [6.07, 6.45) is 1.91. The van der Waals surface area contributed by atoms with E-state index in [1.54, 1.807) is 0 Å². The Bertz CT molecular complexity index is 776. The molecule has 126 valence electrons. The Labute approximate surface area is 151 Å². The fourth-order valence-electron chi connectivity index (χ4n) is 2.37. The van der Waals surface area contributed by atoms with E-state index in [4.69, 9.17) is 4.52 Å². The van der Waals surface area contributed by atoms with Gasteiger partial charge in [-0.15, -0.1) is 0 Å². The molecule has 2 nitrogen and oxygen atoms in total. The predicted octanol–water partition coefficient (Wildman–Crippen LogP) is 4.94. The Morgan fingerprint density at radius 2 is 1.40 bits per heavy atom. The van der Waals surface area contributed by atoms with Gasteiger partial charge in [-0.3, -0.25) is 4.99 Å². The SMILES string of the molecule is CC(C)N=Cc1cccc(OP(c2ccccc2)c2ccccc2)c1. The van der Waals surface area contributed by atoms with E-state index in [0.29, 0.717) is 0 Å². The van der Waals surface area contributed by atoms with E-state index < -0.39 is 8.15 Å². The molecule has 0 bridgehead atoms. The first-order valence-corrected chi connectivity index (χ1v) is 9.70. The van der Waals surface area contributed by atoms with Crippen LogP contribution >= 0.6 is 8.15 Å². The van der Waals surface area contributed by atoms with Crippen molar-refractivity contribution >= 4 is 25.0 Å². The van der Waals surface area contributed by atoms with Gasteiger partial charge in [-0.2, -0.15) is 0 Å². The van der Waals surface area contributed by atoms with Gasteiger partial charge in [-0.1, -0.05) is 72.8 Å². The van der Waals surface area contributed by atoms with Gasteiger partial charge in [0.05, 0.1) is 0 Å². The molecule has 0 heterocycles. The Kier molecular flexibility index (Phi) is 5.98. The van der Waals surface area contributed by atoms with Gasteiger partial charge in [0.25, 0.3) is 0 Å². The van der Waals surface area contributed by atoms with E-state index in [0.717, 1.165) is 11.3 Å². The molecular weight excluding hydrogens is 325 g/mol. The second-order valence-corrected chi connectivity index (χ2v) is 7.81. The summed E-state index contributed by atoms with van der Waals surface area (Å²) in [4.78, 5) is 4.46. The molecule has 3 aromatic carbocycles. The molecule has 0 radical (unpaired) electrons. The molecule has 0 fully saturated rings. The van der Waals surface area contributed by atoms with Gasteiger partial charge in [-0.25, -0.2) is 0 Å². The van der Waals surface area contributed by atoms with Crippen molar-refractivity contribution < 1.29 is 4.52 Å². The van der Waals surface area contributed by atoms with Crippen LogP contribution in [0.25, 0.3) is 0 Å². The molecule has 0 aliphatic carbocycles. The van der Waals surface area contributed by atoms with E-state index in [-0.39, 0.29) is 6.04 Å². The van der Waals surface area contributed by atoms with Crippen LogP contribution in [0.3, 0.4) is 0 Å². The molecule has 3 rings (SSSR count). The summed E-state index contributed by atoms with van der Waals surface area (Å²) >= 11 is 0. The molecule has 0 spiro atoms. The third-order valence-corrected chi connectivity index (χ3v) is 5.49. The lowest BCUT2D eigenvalue weighted by Crippen LogP contribution is -2.15. The van der Waals surface area contributed by atoms with Crippen LogP contribution in [0.5, 0.6) is 5.75 Å². The first-order valence-electron chi connectivity index (χ1n) is 8.44. The zero-order valence-electron chi connectivity index (χ0n) is 14.5. The van der Waals surface area contributed by atoms with Crippen molar-refractivity contribution in [3.63, 3.8) is 0 Å². The van der Waals surface area contributed by atoms with Crippen molar-refractivity contribution in [1.82, 2.24) is 0 Å². The number of rotatable bonds is 6. The third-order valence-electron chi connectivity index (χ3n) is 3.56. The van der Waals surface area contributed by atoms with E-state index in [9.17, 15) is 0 Å². The summed E-state index contributed by atoms with van der Waals surface area (Å²) in [5.74, 6) is 0.867. The van der Waals surface area contributed by atoms with E-state index in [2.05, 4.69) is 67.4 Å². The highest BCUT2D eigenvalue weighted by Crippen LogP contribution is 2.36. The Morgan fingerprint density at radius 3 is 1.96 bits per heavy atom. The molecule has 0 saturated heterocycles. The van der Waals surface area contributed by atoms with Gasteiger partial charge >= 0.3 is 0 Å². The van der Waals surface area contributed by atoms with Gasteiger partial charge in [-0.05, 0) is 31.5 Å². The van der Waals surface area contributed by atoms with Gasteiger partial charge in [0.2, 0.25) is 0 Å². The predicted molar refractivity (Wildman–Crippen MR) is 109 cm³/mol. The van der Waals surface area contributed by atoms with Crippen LogP contribution in [0.15, 0.2) is 89.9 Å². The number of aliphatic imine (C=N–C) groups is 1. The summed E-state index contributed by atoms with van der Waals surface area (Å²) < 4.78 is 6.44. The van der Waals surface area contributed by atoms with Crippen LogP contribution in [-0.4, -0.2) is 12.3 Å². The Morgan fingerprint density at radius 1 is 0.800 bits per heavy atom. The molecule has 3 aromatic rings. The zero-order chi connectivity index (χ0) is 17.5. The van der Waals surface area contributed by atoms with Gasteiger partial charge in [0.1, 0.15) is 5.75 Å². The van der Waals surface area contributed by atoms with E-state index in [1.165, 1.54) is 10.6 Å². The number of hydrogen-bond donors (Lipinski definition) is 0. The highest BCUT2D eigenvalue weighted by atomic mass is 31.1. The van der Waals surface area contributed by atoms with Crippen LogP contribution in [0.2, 0.25) is 0 Å². The third kappa shape index (κ3) is 5.01. The maximum Gasteiger partial charge on any atom is 0.150 e. The summed E-state index contributed by atoms with van der Waals surface area (Å²) in [6, 6.07) is 29.2. The molecule has 0 saturated carbocycles. The van der Waals surface area contributed by atoms with Crippen molar-refractivity contribution in [2.45, 2.75) is 19.9 Å². The van der Waals surface area contributed by atoms with E-state index in [1.807, 2.05) is 42.6 Å². The highest BCUT2D eigenvalue weighted by molar-refractivity contribution is 7.68. The van der Waals surface area contributed by atoms with Gasteiger partial charge < -0.3 is 4.52 Å². The minimum Gasteiger partial charge on any atom is -0.464 e. The minimum absolute atomic E-state index is 0.287. The summed E-state index contributed by atoms with van der Waals surface area (Å²) in [7, 11) is -0.906. The van der Waals surface area contributed by atoms with Crippen LogP contribution in [0.4, 0.5) is 0 Å². The smallest absolute Gasteiger partial charge is 0.150 e. The van der Waals surface area contributed by atoms with Crippen LogP contribution < -0.4 is 15.1 Å². The molecule has 0 atom stereocenters. The first-order chi connectivity index (χ1) is 12.2. The second-order valence-electron chi connectivity index (χ2n) is 6.00. The largest absolute Gasteiger partial charge is 0.464 e. The summed E-state index contributed by atoms with van der Waals surface area (Å²) in [5, 5.41) is 2.40. The maximum absolute atomic E-state index is 6.44. The summed E-state index contributed by atoms with van der Waals surface area (Å²) in [5.41, 5.74) is 1.06. The number of nitrogens with zero attached hydrogens (tertiary/aromatic N) is 1. The van der Waals surface area contributed by atoms with Crippen molar-refractivity contribution in [3.8, 4) is 5.75 Å². The molecule has 0 unspecified atom stereocenters. The van der Waals surface area contributed by atoms with Crippen LogP contribution in [0, 0.1) is 0 Å². The second kappa shape index (κ2) is 8.60. The van der Waals surface area contributed by atoms with Gasteiger partial charge in [0.15, 0.2) is 8.15 Å². The molecular formula is C22H22NOP. The molecule has 0 amide bonds. The van der Waals surface area contributed by atoms with Crippen molar-refractivity contribution in [2.24, 2.45) is 4.99 Å². The van der Waals surface area contributed by atoms with E-state index >= 15 is 0 Å². The lowest BCUT2D eigenvalue weighted by atomic mass is 10.2. The molecule has 0 aromatic heterocycles. The first kappa shape index (κ1) is 17.4. The van der Waals surface area contributed by atoms with Crippen LogP contribution in [-0.2, 0) is 0 Å². The standard InChI is InChI=1S/C22H22NOP/c1-18(2)23-17-19-10-9-11-20(16-19)24-25(21-12-5-3-6-13-21)22-14-7-4-8-15-22/h3-18H,1-2H3. The zero-order valence-corrected chi connectivity index (χ0v) is 15.4. The fourth-order valence-corrected chi connectivity index (χ4v) is 4.09. The van der Waals surface area contributed by atoms with Crippen molar-refractivity contribution in [3.05, 3.63) is 90.5 Å². The Hall–Kier alpha value is -2.44. The van der Waals surface area contributed by atoms with Crippen molar-refractivity contribution in [2.75, 3.05) is 0 Å². The average molecular weight is 347 g/mol. The lowest BCUT2D eigenvalue weighted by molar-refractivity contribution is 0.629. The minimum atomic E-state index is -0.906. The molecule has 3 heteroatoms. The number of hydrogen-bond acceptors (Lipinski definition) is 2. The number of benzene rings is 3. The van der Waals surface area contributed by atoms with Crippen LogP contribution in [0.1, 0.15) is 19.4 Å². The molecule has 25 heavy (non-hydrogen) atoms. The maximum atomic E-state index is 6.44. The topological polar surface area (TPSA) is 21.6 Å². The monoisotopic (exact) mass is 347 g/mol. The average Bonchev–Trinajstić information content (AvgIpc) is 2.66. The normalized spacial score (nSPS) is 11.4. The van der Waals surface area contributed by atoms with Crippen molar-refractivity contribution in [1.29, 1.82) is 0 Å². The quantitative estimate of drug-likeness (QED) is 0.457. The van der Waals surface area contributed by atoms with Gasteiger partial charge in [0, 0.05) is 22.9 Å². The fraction of sp³-hybridized carbons (Fsp3) is 0.136.